The van der Waals surface area contributed by atoms with Gasteiger partial charge in [0.05, 0.1) is 5.52 Å². The molecule has 0 fully saturated rings. The van der Waals surface area contributed by atoms with Crippen LogP contribution in [0.25, 0.3) is 41.8 Å². The zero-order valence-electron chi connectivity index (χ0n) is 14.4. The number of thiophene rings is 1. The Hall–Kier alpha value is -2.19. The molecular formula is C22H19NS. The van der Waals surface area contributed by atoms with E-state index in [9.17, 15) is 0 Å². The first kappa shape index (κ1) is 14.2. The van der Waals surface area contributed by atoms with Crippen molar-refractivity contribution in [3.8, 4) is 0 Å². The summed E-state index contributed by atoms with van der Waals surface area (Å²) in [6.45, 7) is 9.08. The predicted molar refractivity (Wildman–Crippen MR) is 107 cm³/mol. The van der Waals surface area contributed by atoms with E-state index < -0.39 is 0 Å². The van der Waals surface area contributed by atoms with Crippen LogP contribution in [0.5, 0.6) is 0 Å². The Morgan fingerprint density at radius 1 is 0.875 bits per heavy atom. The standard InChI is InChI=1S/C22H19NS/c1-12-10-13(22(2,3)4)11-15-14-6-5-7-16-19(14)20-17(24-16)8-9-23-21(20)18(12)15/h5-11H,1-4H3. The maximum atomic E-state index is 4.79. The van der Waals surface area contributed by atoms with Crippen molar-refractivity contribution in [3.05, 3.63) is 53.7 Å². The lowest BCUT2D eigenvalue weighted by Crippen LogP contribution is -2.11. The molecule has 1 nitrogen and oxygen atoms in total. The fraction of sp³-hybridized carbons (Fsp3) is 0.227. The molecule has 0 aliphatic rings. The third kappa shape index (κ3) is 1.72. The topological polar surface area (TPSA) is 12.9 Å². The van der Waals surface area contributed by atoms with Crippen molar-refractivity contribution in [2.24, 2.45) is 0 Å². The number of aromatic nitrogens is 1. The van der Waals surface area contributed by atoms with E-state index in [0.29, 0.717) is 0 Å². The number of hydrogen-bond acceptors (Lipinski definition) is 2. The first-order valence-electron chi connectivity index (χ1n) is 8.41. The molecule has 0 saturated carbocycles. The highest BCUT2D eigenvalue weighted by molar-refractivity contribution is 7.26. The Morgan fingerprint density at radius 2 is 1.67 bits per heavy atom. The molecule has 118 valence electrons. The summed E-state index contributed by atoms with van der Waals surface area (Å²) < 4.78 is 2.70. The first-order chi connectivity index (χ1) is 11.4. The van der Waals surface area contributed by atoms with Crippen molar-refractivity contribution in [1.82, 2.24) is 4.98 Å². The number of rotatable bonds is 0. The highest BCUT2D eigenvalue weighted by Crippen LogP contribution is 2.45. The van der Waals surface area contributed by atoms with Crippen LogP contribution >= 0.6 is 11.3 Å². The third-order valence-corrected chi connectivity index (χ3v) is 6.26. The molecule has 24 heavy (non-hydrogen) atoms. The minimum Gasteiger partial charge on any atom is -0.255 e. The van der Waals surface area contributed by atoms with E-state index in [1.54, 1.807) is 0 Å². The molecule has 2 aromatic heterocycles. The molecule has 5 rings (SSSR count). The van der Waals surface area contributed by atoms with E-state index in [1.165, 1.54) is 47.5 Å². The lowest BCUT2D eigenvalue weighted by molar-refractivity contribution is 0.590. The van der Waals surface area contributed by atoms with Crippen LogP contribution in [-0.4, -0.2) is 4.98 Å². The molecule has 0 aliphatic carbocycles. The molecule has 5 aromatic rings. The highest BCUT2D eigenvalue weighted by atomic mass is 32.1. The lowest BCUT2D eigenvalue weighted by atomic mass is 9.83. The van der Waals surface area contributed by atoms with Crippen molar-refractivity contribution >= 4 is 53.2 Å². The van der Waals surface area contributed by atoms with Crippen molar-refractivity contribution in [3.63, 3.8) is 0 Å². The van der Waals surface area contributed by atoms with Gasteiger partial charge < -0.3 is 0 Å². The molecule has 0 N–H and O–H groups in total. The smallest absolute Gasteiger partial charge is 0.0804 e. The van der Waals surface area contributed by atoms with Crippen molar-refractivity contribution in [2.75, 3.05) is 0 Å². The number of hydrogen-bond donors (Lipinski definition) is 0. The van der Waals surface area contributed by atoms with Crippen molar-refractivity contribution in [1.29, 1.82) is 0 Å². The monoisotopic (exact) mass is 329 g/mol. The fourth-order valence-electron chi connectivity index (χ4n) is 3.92. The van der Waals surface area contributed by atoms with Crippen LogP contribution in [-0.2, 0) is 5.41 Å². The molecule has 0 bridgehead atoms. The summed E-state index contributed by atoms with van der Waals surface area (Å²) in [6, 6.07) is 13.6. The molecule has 2 heteroatoms. The zero-order valence-corrected chi connectivity index (χ0v) is 15.2. The van der Waals surface area contributed by atoms with Gasteiger partial charge in [-0.2, -0.15) is 0 Å². The second-order valence-electron chi connectivity index (χ2n) is 7.78. The molecular weight excluding hydrogens is 310 g/mol. The molecule has 0 unspecified atom stereocenters. The van der Waals surface area contributed by atoms with Gasteiger partial charge in [0, 0.05) is 31.8 Å². The van der Waals surface area contributed by atoms with Gasteiger partial charge >= 0.3 is 0 Å². The second-order valence-corrected chi connectivity index (χ2v) is 8.86. The molecule has 0 aliphatic heterocycles. The average molecular weight is 329 g/mol. The Balaban J connectivity index is 2.15. The molecule has 3 aromatic carbocycles. The third-order valence-electron chi connectivity index (χ3n) is 5.14. The molecule has 2 heterocycles. The summed E-state index contributed by atoms with van der Waals surface area (Å²) in [7, 11) is 0. The van der Waals surface area contributed by atoms with E-state index in [0.717, 1.165) is 5.52 Å². The van der Waals surface area contributed by atoms with E-state index in [2.05, 4.69) is 64.1 Å². The molecule has 0 saturated heterocycles. The summed E-state index contributed by atoms with van der Waals surface area (Å²) >= 11 is 1.88. The van der Waals surface area contributed by atoms with Crippen LogP contribution in [0.4, 0.5) is 0 Å². The Kier molecular flexibility index (Phi) is 2.63. The van der Waals surface area contributed by atoms with Crippen LogP contribution in [0.1, 0.15) is 31.9 Å². The van der Waals surface area contributed by atoms with Crippen LogP contribution in [0.3, 0.4) is 0 Å². The maximum Gasteiger partial charge on any atom is 0.0804 e. The largest absolute Gasteiger partial charge is 0.255 e. The summed E-state index contributed by atoms with van der Waals surface area (Å²) in [5, 5.41) is 6.75. The molecule has 0 spiro atoms. The van der Waals surface area contributed by atoms with E-state index >= 15 is 0 Å². The van der Waals surface area contributed by atoms with E-state index in [1.807, 2.05) is 17.5 Å². The highest BCUT2D eigenvalue weighted by Gasteiger charge is 2.20. The fourth-order valence-corrected chi connectivity index (χ4v) is 5.05. The average Bonchev–Trinajstić information content (AvgIpc) is 2.92. The minimum atomic E-state index is 0.141. The van der Waals surface area contributed by atoms with E-state index in [4.69, 9.17) is 4.98 Å². The quantitative estimate of drug-likeness (QED) is 0.285. The van der Waals surface area contributed by atoms with Crippen molar-refractivity contribution in [2.45, 2.75) is 33.1 Å². The summed E-state index contributed by atoms with van der Waals surface area (Å²) in [5.74, 6) is 0. The van der Waals surface area contributed by atoms with Crippen LogP contribution in [0.15, 0.2) is 42.6 Å². The normalized spacial score (nSPS) is 13.0. The Labute approximate surface area is 145 Å². The summed E-state index contributed by atoms with van der Waals surface area (Å²) in [4.78, 5) is 4.79. The van der Waals surface area contributed by atoms with Gasteiger partial charge in [0.2, 0.25) is 0 Å². The van der Waals surface area contributed by atoms with Gasteiger partial charge in [-0.15, -0.1) is 11.3 Å². The molecule has 0 radical (unpaired) electrons. The first-order valence-corrected chi connectivity index (χ1v) is 9.23. The Morgan fingerprint density at radius 3 is 2.46 bits per heavy atom. The Bertz CT molecular complexity index is 1240. The van der Waals surface area contributed by atoms with Crippen LogP contribution in [0.2, 0.25) is 0 Å². The van der Waals surface area contributed by atoms with Gasteiger partial charge in [-0.25, -0.2) is 0 Å². The van der Waals surface area contributed by atoms with Gasteiger partial charge in [0.15, 0.2) is 0 Å². The number of fused-ring (bicyclic) bond motifs is 3. The summed E-state index contributed by atoms with van der Waals surface area (Å²) in [6.07, 6.45) is 1.96. The van der Waals surface area contributed by atoms with E-state index in [-0.39, 0.29) is 5.41 Å². The van der Waals surface area contributed by atoms with Gasteiger partial charge in [0.1, 0.15) is 0 Å². The summed E-state index contributed by atoms with van der Waals surface area (Å²) in [5.41, 5.74) is 4.01. The number of aryl methyl sites for hydroxylation is 1. The maximum absolute atomic E-state index is 4.79. The van der Waals surface area contributed by atoms with Gasteiger partial charge in [-0.05, 0) is 52.4 Å². The lowest BCUT2D eigenvalue weighted by Gasteiger charge is -2.21. The number of nitrogens with zero attached hydrogens (tertiary/aromatic N) is 1. The van der Waals surface area contributed by atoms with Crippen molar-refractivity contribution < 1.29 is 0 Å². The SMILES string of the molecule is Cc1cc(C(C)(C)C)cc2c3cccc4sc5ccnc(c12)c5c43. The number of pyridine rings is 1. The van der Waals surface area contributed by atoms with Crippen LogP contribution in [0, 0.1) is 6.92 Å². The number of benzene rings is 3. The molecule has 0 atom stereocenters. The second kappa shape index (κ2) is 4.46. The van der Waals surface area contributed by atoms with Crippen LogP contribution < -0.4 is 0 Å². The van der Waals surface area contributed by atoms with Gasteiger partial charge in [-0.1, -0.05) is 39.0 Å². The van der Waals surface area contributed by atoms with Gasteiger partial charge in [0.25, 0.3) is 0 Å². The minimum absolute atomic E-state index is 0.141. The predicted octanol–water partition coefficient (Wildman–Crippen LogP) is 6.80. The molecule has 0 amide bonds. The van der Waals surface area contributed by atoms with Gasteiger partial charge in [-0.3, -0.25) is 4.98 Å². The zero-order chi connectivity index (χ0) is 16.6.